The van der Waals surface area contributed by atoms with Crippen LogP contribution in [0.2, 0.25) is 0 Å². The Bertz CT molecular complexity index is 284. The summed E-state index contributed by atoms with van der Waals surface area (Å²) in [6.07, 6.45) is 1.53. The molecule has 0 aromatic rings. The van der Waals surface area contributed by atoms with Gasteiger partial charge >= 0.3 is 12.1 Å². The van der Waals surface area contributed by atoms with E-state index in [1.807, 2.05) is 34.6 Å². The smallest absolute Gasteiger partial charge is 0.407 e. The van der Waals surface area contributed by atoms with Crippen molar-refractivity contribution in [1.82, 2.24) is 5.32 Å². The maximum absolute atomic E-state index is 11.7. The molecule has 0 saturated heterocycles. The van der Waals surface area contributed by atoms with Crippen molar-refractivity contribution in [1.29, 1.82) is 0 Å². The van der Waals surface area contributed by atoms with Gasteiger partial charge in [-0.2, -0.15) is 0 Å². The minimum atomic E-state index is -0.621. The number of carbonyl (C=O) groups excluding carboxylic acids is 2. The standard InChI is InChI=1S/C14H27NO4/c1-6-8-11(12(16)18-9-7-2)15-13(17)19-10-14(3,4)5/h11H,6-10H2,1-5H3,(H,15,17). The van der Waals surface area contributed by atoms with Crippen LogP contribution >= 0.6 is 0 Å². The van der Waals surface area contributed by atoms with E-state index in [1.165, 1.54) is 0 Å². The number of carbonyl (C=O) groups is 2. The van der Waals surface area contributed by atoms with Gasteiger partial charge in [-0.05, 0) is 18.3 Å². The lowest BCUT2D eigenvalue weighted by Gasteiger charge is -2.20. The molecule has 5 heteroatoms. The van der Waals surface area contributed by atoms with Crippen molar-refractivity contribution in [3.63, 3.8) is 0 Å². The van der Waals surface area contributed by atoms with Crippen LogP contribution in [-0.2, 0) is 14.3 Å². The first-order valence-corrected chi connectivity index (χ1v) is 6.90. The van der Waals surface area contributed by atoms with Crippen molar-refractivity contribution in [2.75, 3.05) is 13.2 Å². The van der Waals surface area contributed by atoms with Crippen LogP contribution in [0.1, 0.15) is 53.9 Å². The summed E-state index contributed by atoms with van der Waals surface area (Å²) < 4.78 is 10.1. The van der Waals surface area contributed by atoms with Crippen LogP contribution in [0.3, 0.4) is 0 Å². The summed E-state index contributed by atoms with van der Waals surface area (Å²) in [6.45, 7) is 10.5. The van der Waals surface area contributed by atoms with E-state index >= 15 is 0 Å². The molecule has 5 nitrogen and oxygen atoms in total. The Hall–Kier alpha value is -1.26. The van der Waals surface area contributed by atoms with Gasteiger partial charge in [-0.15, -0.1) is 0 Å². The second-order valence-corrected chi connectivity index (χ2v) is 5.79. The lowest BCUT2D eigenvalue weighted by atomic mass is 9.99. The topological polar surface area (TPSA) is 64.6 Å². The minimum absolute atomic E-state index is 0.0969. The molecule has 0 bridgehead atoms. The second kappa shape index (κ2) is 8.77. The predicted molar refractivity (Wildman–Crippen MR) is 73.9 cm³/mol. The number of nitrogens with one attached hydrogen (secondary N) is 1. The molecule has 0 aliphatic carbocycles. The average molecular weight is 273 g/mol. The zero-order valence-corrected chi connectivity index (χ0v) is 12.7. The van der Waals surface area contributed by atoms with Crippen LogP contribution in [0, 0.1) is 5.41 Å². The fourth-order valence-electron chi connectivity index (χ4n) is 1.31. The van der Waals surface area contributed by atoms with Crippen LogP contribution in [0.5, 0.6) is 0 Å². The molecule has 1 unspecified atom stereocenters. The quantitative estimate of drug-likeness (QED) is 0.724. The molecule has 112 valence electrons. The molecular weight excluding hydrogens is 246 g/mol. The summed E-state index contributed by atoms with van der Waals surface area (Å²) in [6, 6.07) is -0.621. The summed E-state index contributed by atoms with van der Waals surface area (Å²) in [5.41, 5.74) is -0.0969. The number of hydrogen-bond donors (Lipinski definition) is 1. The van der Waals surface area contributed by atoms with E-state index in [4.69, 9.17) is 9.47 Å². The molecule has 19 heavy (non-hydrogen) atoms. The molecule has 1 atom stereocenters. The molecule has 0 fully saturated rings. The number of alkyl carbamates (subject to hydrolysis) is 1. The zero-order chi connectivity index (χ0) is 14.9. The molecule has 0 aliphatic rings. The fourth-order valence-corrected chi connectivity index (χ4v) is 1.31. The van der Waals surface area contributed by atoms with E-state index < -0.39 is 18.1 Å². The van der Waals surface area contributed by atoms with Gasteiger partial charge in [0, 0.05) is 0 Å². The van der Waals surface area contributed by atoms with Crippen molar-refractivity contribution in [3.8, 4) is 0 Å². The maximum atomic E-state index is 11.7. The van der Waals surface area contributed by atoms with Gasteiger partial charge in [-0.3, -0.25) is 0 Å². The number of hydrogen-bond acceptors (Lipinski definition) is 4. The van der Waals surface area contributed by atoms with E-state index in [2.05, 4.69) is 5.32 Å². The van der Waals surface area contributed by atoms with Gasteiger partial charge in [-0.1, -0.05) is 41.0 Å². The van der Waals surface area contributed by atoms with E-state index in [-0.39, 0.29) is 5.41 Å². The first kappa shape index (κ1) is 17.7. The molecular formula is C14H27NO4. The highest BCUT2D eigenvalue weighted by Crippen LogP contribution is 2.13. The molecule has 1 amide bonds. The van der Waals surface area contributed by atoms with E-state index in [0.717, 1.165) is 12.8 Å². The lowest BCUT2D eigenvalue weighted by molar-refractivity contribution is -0.146. The average Bonchev–Trinajstić information content (AvgIpc) is 2.32. The van der Waals surface area contributed by atoms with Crippen LogP contribution in [0.25, 0.3) is 0 Å². The molecule has 0 rings (SSSR count). The highest BCUT2D eigenvalue weighted by atomic mass is 16.6. The van der Waals surface area contributed by atoms with Crippen LogP contribution < -0.4 is 5.32 Å². The zero-order valence-electron chi connectivity index (χ0n) is 12.7. The monoisotopic (exact) mass is 273 g/mol. The van der Waals surface area contributed by atoms with Gasteiger partial charge in [-0.25, -0.2) is 9.59 Å². The largest absolute Gasteiger partial charge is 0.464 e. The van der Waals surface area contributed by atoms with Crippen molar-refractivity contribution >= 4 is 12.1 Å². The summed E-state index contributed by atoms with van der Waals surface area (Å²) in [5.74, 6) is -0.392. The maximum Gasteiger partial charge on any atom is 0.407 e. The van der Waals surface area contributed by atoms with Gasteiger partial charge in [0.25, 0.3) is 0 Å². The molecule has 0 aliphatic heterocycles. The molecule has 0 radical (unpaired) electrons. The Labute approximate surface area is 116 Å². The molecule has 0 aromatic heterocycles. The Kier molecular flexibility index (Phi) is 8.19. The Balaban J connectivity index is 4.25. The Morgan fingerprint density at radius 2 is 1.74 bits per heavy atom. The third kappa shape index (κ3) is 9.33. The Morgan fingerprint density at radius 3 is 2.21 bits per heavy atom. The SMILES string of the molecule is CCCOC(=O)C(CCC)NC(=O)OCC(C)(C)C. The van der Waals surface area contributed by atoms with Gasteiger partial charge in [0.1, 0.15) is 6.04 Å². The molecule has 1 N–H and O–H groups in total. The molecule has 0 aromatic carbocycles. The highest BCUT2D eigenvalue weighted by molar-refractivity contribution is 5.81. The molecule has 0 saturated carbocycles. The third-order valence-corrected chi connectivity index (χ3v) is 2.24. The van der Waals surface area contributed by atoms with E-state index in [0.29, 0.717) is 19.6 Å². The van der Waals surface area contributed by atoms with Gasteiger partial charge < -0.3 is 14.8 Å². The minimum Gasteiger partial charge on any atom is -0.464 e. The van der Waals surface area contributed by atoms with Crippen LogP contribution in [0.15, 0.2) is 0 Å². The summed E-state index contributed by atoms with van der Waals surface area (Å²) in [4.78, 5) is 23.3. The van der Waals surface area contributed by atoms with Crippen molar-refractivity contribution in [2.24, 2.45) is 5.41 Å². The van der Waals surface area contributed by atoms with Gasteiger partial charge in [0.05, 0.1) is 13.2 Å². The van der Waals surface area contributed by atoms with Crippen molar-refractivity contribution in [2.45, 2.75) is 59.9 Å². The first-order chi connectivity index (χ1) is 8.80. The third-order valence-electron chi connectivity index (χ3n) is 2.24. The Morgan fingerprint density at radius 1 is 1.11 bits per heavy atom. The highest BCUT2D eigenvalue weighted by Gasteiger charge is 2.23. The molecule has 0 spiro atoms. The van der Waals surface area contributed by atoms with Crippen molar-refractivity contribution in [3.05, 3.63) is 0 Å². The molecule has 0 heterocycles. The second-order valence-electron chi connectivity index (χ2n) is 5.79. The predicted octanol–water partition coefficient (Wildman–Crippen LogP) is 2.88. The fraction of sp³-hybridized carbons (Fsp3) is 0.857. The normalized spacial score (nSPS) is 12.7. The summed E-state index contributed by atoms with van der Waals surface area (Å²) >= 11 is 0. The summed E-state index contributed by atoms with van der Waals surface area (Å²) in [7, 11) is 0. The number of rotatable bonds is 7. The number of ether oxygens (including phenoxy) is 2. The van der Waals surface area contributed by atoms with Crippen molar-refractivity contribution < 1.29 is 19.1 Å². The van der Waals surface area contributed by atoms with Crippen LogP contribution in [-0.4, -0.2) is 31.3 Å². The number of amides is 1. The van der Waals surface area contributed by atoms with Gasteiger partial charge in [0.15, 0.2) is 0 Å². The summed E-state index contributed by atoms with van der Waals surface area (Å²) in [5, 5.41) is 2.56. The van der Waals surface area contributed by atoms with Gasteiger partial charge in [0.2, 0.25) is 0 Å². The lowest BCUT2D eigenvalue weighted by Crippen LogP contribution is -2.42. The van der Waals surface area contributed by atoms with Crippen LogP contribution in [0.4, 0.5) is 4.79 Å². The van der Waals surface area contributed by atoms with E-state index in [1.54, 1.807) is 0 Å². The number of esters is 1. The first-order valence-electron chi connectivity index (χ1n) is 6.90. The van der Waals surface area contributed by atoms with E-state index in [9.17, 15) is 9.59 Å².